The molecule has 8 heteroatoms. The van der Waals surface area contributed by atoms with Gasteiger partial charge in [0.2, 0.25) is 0 Å². The van der Waals surface area contributed by atoms with Crippen molar-refractivity contribution in [3.05, 3.63) is 119 Å². The van der Waals surface area contributed by atoms with Crippen LogP contribution in [-0.2, 0) is 0 Å². The van der Waals surface area contributed by atoms with Gasteiger partial charge in [0.05, 0.1) is 29.7 Å². The first-order valence-electron chi connectivity index (χ1n) is 14.2. The number of pyridine rings is 1. The summed E-state index contributed by atoms with van der Waals surface area (Å²) in [5.41, 5.74) is 8.26. The van der Waals surface area contributed by atoms with Gasteiger partial charge in [0.15, 0.2) is 23.3 Å². The van der Waals surface area contributed by atoms with Crippen molar-refractivity contribution < 1.29 is 4.74 Å². The van der Waals surface area contributed by atoms with E-state index in [0.717, 1.165) is 51.3 Å². The lowest BCUT2D eigenvalue weighted by Gasteiger charge is -2.40. The lowest BCUT2D eigenvalue weighted by Crippen LogP contribution is -2.46. The Bertz CT molecular complexity index is 1860. The number of aromatic nitrogens is 3. The molecule has 0 bridgehead atoms. The average molecular weight is 554 g/mol. The first kappa shape index (κ1) is 25.7. The summed E-state index contributed by atoms with van der Waals surface area (Å²) in [4.78, 5) is 17.3. The highest BCUT2D eigenvalue weighted by Crippen LogP contribution is 2.48. The summed E-state index contributed by atoms with van der Waals surface area (Å²) in [6, 6.07) is 28.5. The summed E-state index contributed by atoms with van der Waals surface area (Å²) < 4.78 is 7.61. The summed E-state index contributed by atoms with van der Waals surface area (Å²) in [7, 11) is 0. The van der Waals surface area contributed by atoms with Crippen molar-refractivity contribution in [3.8, 4) is 11.6 Å². The summed E-state index contributed by atoms with van der Waals surface area (Å²) in [6.07, 6.45) is 1.77. The molecule has 8 nitrogen and oxygen atoms in total. The van der Waals surface area contributed by atoms with Gasteiger partial charge in [0, 0.05) is 17.4 Å². The van der Waals surface area contributed by atoms with Crippen LogP contribution >= 0.6 is 0 Å². The Morgan fingerprint density at radius 1 is 0.857 bits per heavy atom. The molecule has 0 spiro atoms. The molecule has 0 saturated carbocycles. The molecule has 4 heterocycles. The van der Waals surface area contributed by atoms with E-state index in [1.165, 1.54) is 11.1 Å². The van der Waals surface area contributed by atoms with Crippen LogP contribution in [0.1, 0.15) is 40.9 Å². The van der Waals surface area contributed by atoms with Crippen LogP contribution in [0, 0.1) is 20.8 Å². The number of aliphatic imine (C=N–C) groups is 2. The molecule has 2 aromatic heterocycles. The van der Waals surface area contributed by atoms with Gasteiger partial charge in [0.25, 0.3) is 0 Å². The number of hydrogen-bond acceptors (Lipinski definition) is 7. The lowest BCUT2D eigenvalue weighted by atomic mass is 9.93. The quantitative estimate of drug-likeness (QED) is 0.246. The summed E-state index contributed by atoms with van der Waals surface area (Å²) in [5, 5.41) is 8.56. The van der Waals surface area contributed by atoms with Crippen molar-refractivity contribution >= 4 is 34.6 Å². The van der Waals surface area contributed by atoms with E-state index >= 15 is 0 Å². The summed E-state index contributed by atoms with van der Waals surface area (Å²) in [5.74, 6) is 3.68. The molecular formula is C34H31N7O. The third-order valence-electron chi connectivity index (χ3n) is 7.78. The number of nitrogens with one attached hydrogen (secondary N) is 1. The Kier molecular flexibility index (Phi) is 6.31. The Morgan fingerprint density at radius 2 is 1.67 bits per heavy atom. The first-order valence-corrected chi connectivity index (χ1v) is 14.2. The number of ether oxygens (including phenoxy) is 1. The number of benzene rings is 3. The van der Waals surface area contributed by atoms with Crippen molar-refractivity contribution in [2.75, 3.05) is 16.8 Å². The van der Waals surface area contributed by atoms with Crippen molar-refractivity contribution in [1.82, 2.24) is 14.8 Å². The van der Waals surface area contributed by atoms with Crippen LogP contribution < -0.4 is 15.0 Å². The molecule has 1 N–H and O–H groups in total. The smallest absolute Gasteiger partial charge is 0.179 e. The van der Waals surface area contributed by atoms with E-state index in [9.17, 15) is 0 Å². The third-order valence-corrected chi connectivity index (χ3v) is 7.78. The second-order valence-electron chi connectivity index (χ2n) is 10.5. The molecule has 2 aliphatic heterocycles. The minimum absolute atomic E-state index is 0.214. The minimum atomic E-state index is -0.214. The van der Waals surface area contributed by atoms with E-state index in [-0.39, 0.29) is 6.04 Å². The lowest BCUT2D eigenvalue weighted by molar-refractivity contribution is 0.340. The van der Waals surface area contributed by atoms with Crippen LogP contribution in [-0.4, -0.2) is 33.0 Å². The van der Waals surface area contributed by atoms with Gasteiger partial charge in [-0.05, 0) is 92.9 Å². The van der Waals surface area contributed by atoms with Crippen LogP contribution in [0.15, 0.2) is 101 Å². The van der Waals surface area contributed by atoms with Crippen LogP contribution in [0.25, 0.3) is 5.82 Å². The number of hydrogen-bond donors (Lipinski definition) is 1. The molecular weight excluding hydrogens is 522 g/mol. The maximum Gasteiger partial charge on any atom is 0.179 e. The number of nitrogens with zero attached hydrogens (tertiary/aromatic N) is 6. The predicted octanol–water partition coefficient (Wildman–Crippen LogP) is 7.39. The van der Waals surface area contributed by atoms with Crippen molar-refractivity contribution in [2.24, 2.45) is 9.98 Å². The van der Waals surface area contributed by atoms with Gasteiger partial charge >= 0.3 is 0 Å². The fourth-order valence-electron chi connectivity index (χ4n) is 5.62. The number of rotatable bonds is 5. The maximum atomic E-state index is 5.78. The number of aryl methyl sites for hydroxylation is 3. The van der Waals surface area contributed by atoms with Gasteiger partial charge in [0.1, 0.15) is 5.75 Å². The Hall–Kier alpha value is -5.24. The Labute approximate surface area is 245 Å². The van der Waals surface area contributed by atoms with Crippen molar-refractivity contribution in [1.29, 1.82) is 0 Å². The van der Waals surface area contributed by atoms with Gasteiger partial charge in [-0.2, -0.15) is 9.78 Å². The molecule has 2 aliphatic rings. The van der Waals surface area contributed by atoms with E-state index in [1.54, 1.807) is 6.20 Å². The third kappa shape index (κ3) is 4.32. The summed E-state index contributed by atoms with van der Waals surface area (Å²) in [6.45, 7) is 8.88. The molecule has 208 valence electrons. The molecule has 0 unspecified atom stereocenters. The zero-order valence-electron chi connectivity index (χ0n) is 24.0. The summed E-state index contributed by atoms with van der Waals surface area (Å²) >= 11 is 0. The molecule has 42 heavy (non-hydrogen) atoms. The van der Waals surface area contributed by atoms with Crippen LogP contribution in [0.2, 0.25) is 0 Å². The maximum absolute atomic E-state index is 5.78. The highest BCUT2D eigenvalue weighted by molar-refractivity contribution is 6.51. The van der Waals surface area contributed by atoms with E-state index in [4.69, 9.17) is 19.8 Å². The molecule has 0 saturated heterocycles. The standard InChI is InChI=1S/C34H31N7O/c1-5-42-26-17-14-24(15-18-26)31-30-23(4)39-41(29-12-8-9-19-35-29)33(30)38-34-32(36-25-16-13-21(2)22(3)20-25)37-27-10-6-7-11-28(27)40(31)34/h6-20,31H,5H2,1-4H3,(H,36,37)/t31-/m0/s1. The van der Waals surface area contributed by atoms with Gasteiger partial charge in [-0.3, -0.25) is 0 Å². The zero-order valence-corrected chi connectivity index (χ0v) is 24.0. The SMILES string of the molecule is CCOc1ccc([C@H]2c3c(C)nn(-c4ccccn4)c3N=C3C(Nc4ccc(C)c(C)c4)=Nc4ccccc4N32)cc1. The van der Waals surface area contributed by atoms with E-state index in [2.05, 4.69) is 65.4 Å². The van der Waals surface area contributed by atoms with Gasteiger partial charge in [-0.15, -0.1) is 0 Å². The van der Waals surface area contributed by atoms with Gasteiger partial charge in [-0.25, -0.2) is 15.0 Å². The monoisotopic (exact) mass is 553 g/mol. The molecule has 1 atom stereocenters. The average Bonchev–Trinajstić information content (AvgIpc) is 3.35. The largest absolute Gasteiger partial charge is 0.494 e. The normalized spacial score (nSPS) is 15.2. The Morgan fingerprint density at radius 3 is 2.43 bits per heavy atom. The predicted molar refractivity (Wildman–Crippen MR) is 168 cm³/mol. The van der Waals surface area contributed by atoms with E-state index in [1.807, 2.05) is 67.1 Å². The minimum Gasteiger partial charge on any atom is -0.494 e. The van der Waals surface area contributed by atoms with E-state index < -0.39 is 0 Å². The van der Waals surface area contributed by atoms with Crippen LogP contribution in [0.5, 0.6) is 5.75 Å². The second-order valence-corrected chi connectivity index (χ2v) is 10.5. The number of para-hydroxylation sites is 2. The van der Waals surface area contributed by atoms with Crippen LogP contribution in [0.4, 0.5) is 22.9 Å². The molecule has 5 aromatic rings. The van der Waals surface area contributed by atoms with E-state index in [0.29, 0.717) is 18.3 Å². The molecule has 0 fully saturated rings. The topological polar surface area (TPSA) is 79.9 Å². The fourth-order valence-corrected chi connectivity index (χ4v) is 5.62. The second kappa shape index (κ2) is 10.3. The number of fused-ring (bicyclic) bond motifs is 4. The zero-order chi connectivity index (χ0) is 28.8. The molecule has 0 amide bonds. The van der Waals surface area contributed by atoms with Crippen LogP contribution in [0.3, 0.4) is 0 Å². The highest BCUT2D eigenvalue weighted by atomic mass is 16.5. The van der Waals surface area contributed by atoms with Gasteiger partial charge < -0.3 is 15.0 Å². The number of amidine groups is 2. The van der Waals surface area contributed by atoms with Crippen molar-refractivity contribution in [2.45, 2.75) is 33.7 Å². The molecule has 3 aromatic carbocycles. The molecule has 7 rings (SSSR count). The first-order chi connectivity index (χ1) is 20.5. The fraction of sp³-hybridized carbons (Fsp3) is 0.176. The highest BCUT2D eigenvalue weighted by Gasteiger charge is 2.41. The Balaban J connectivity index is 1.46. The van der Waals surface area contributed by atoms with Crippen molar-refractivity contribution in [3.63, 3.8) is 0 Å². The molecule has 0 radical (unpaired) electrons. The van der Waals surface area contributed by atoms with Gasteiger partial charge in [-0.1, -0.05) is 36.4 Å². The molecule has 0 aliphatic carbocycles. The number of anilines is 2.